The molecular weight excluding hydrogens is 363 g/mol. The van der Waals surface area contributed by atoms with E-state index < -0.39 is 23.6 Å². The number of carbonyl (C=O) groups excluding carboxylic acids is 2. The summed E-state index contributed by atoms with van der Waals surface area (Å²) in [6.07, 6.45) is -4.67. The maximum Gasteiger partial charge on any atom is 0.416 e. The molecule has 0 aromatic heterocycles. The van der Waals surface area contributed by atoms with E-state index in [4.69, 9.17) is 9.47 Å². The first-order valence-corrected chi connectivity index (χ1v) is 8.12. The van der Waals surface area contributed by atoms with Crippen molar-refractivity contribution in [3.05, 3.63) is 59.7 Å². The number of hydrogen-bond acceptors (Lipinski definition) is 4. The van der Waals surface area contributed by atoms with E-state index in [-0.39, 0.29) is 25.2 Å². The van der Waals surface area contributed by atoms with E-state index >= 15 is 0 Å². The minimum absolute atomic E-state index is 0.210. The highest BCUT2D eigenvalue weighted by molar-refractivity contribution is 5.92. The van der Waals surface area contributed by atoms with Crippen molar-refractivity contribution in [2.75, 3.05) is 18.5 Å². The maximum absolute atomic E-state index is 12.7. The smallest absolute Gasteiger partial charge is 0.416 e. The van der Waals surface area contributed by atoms with Crippen LogP contribution in [0, 0.1) is 0 Å². The third kappa shape index (κ3) is 6.65. The van der Waals surface area contributed by atoms with Crippen molar-refractivity contribution in [2.24, 2.45) is 0 Å². The van der Waals surface area contributed by atoms with Gasteiger partial charge in [0, 0.05) is 11.8 Å². The summed E-state index contributed by atoms with van der Waals surface area (Å²) in [6.45, 7) is 1.65. The Labute approximate surface area is 154 Å². The fourth-order valence-electron chi connectivity index (χ4n) is 2.26. The molecule has 0 unspecified atom stereocenters. The molecule has 5 nitrogen and oxygen atoms in total. The number of halogens is 3. The standard InChI is InChI=1S/C19H18F3NO4/c1-2-26-18(25)12-27-16-8-4-7-15(11-16)23-17(24)10-13-5-3-6-14(9-13)19(20,21)22/h3-9,11H,2,10,12H2,1H3,(H,23,24). The summed E-state index contributed by atoms with van der Waals surface area (Å²) in [7, 11) is 0. The van der Waals surface area contributed by atoms with Gasteiger partial charge in [-0.2, -0.15) is 13.2 Å². The lowest BCUT2D eigenvalue weighted by Gasteiger charge is -2.10. The highest BCUT2D eigenvalue weighted by Gasteiger charge is 2.30. The molecule has 2 aromatic carbocycles. The average molecular weight is 381 g/mol. The van der Waals surface area contributed by atoms with Crippen molar-refractivity contribution in [2.45, 2.75) is 19.5 Å². The minimum atomic E-state index is -4.46. The molecule has 0 bridgehead atoms. The van der Waals surface area contributed by atoms with Gasteiger partial charge in [0.05, 0.1) is 18.6 Å². The van der Waals surface area contributed by atoms with E-state index in [0.717, 1.165) is 12.1 Å². The predicted octanol–water partition coefficient (Wildman–Crippen LogP) is 3.83. The zero-order chi connectivity index (χ0) is 19.9. The van der Waals surface area contributed by atoms with Crippen molar-refractivity contribution < 1.29 is 32.2 Å². The molecule has 1 amide bonds. The Balaban J connectivity index is 1.96. The first-order chi connectivity index (χ1) is 12.8. The molecule has 27 heavy (non-hydrogen) atoms. The topological polar surface area (TPSA) is 64.6 Å². The predicted molar refractivity (Wildman–Crippen MR) is 92.3 cm³/mol. The van der Waals surface area contributed by atoms with Gasteiger partial charge in [-0.05, 0) is 30.7 Å². The van der Waals surface area contributed by atoms with E-state index in [1.165, 1.54) is 18.2 Å². The molecule has 1 N–H and O–H groups in total. The summed E-state index contributed by atoms with van der Waals surface area (Å²) in [4.78, 5) is 23.4. The number of benzene rings is 2. The van der Waals surface area contributed by atoms with E-state index in [0.29, 0.717) is 11.4 Å². The first-order valence-electron chi connectivity index (χ1n) is 8.12. The molecule has 0 saturated carbocycles. The average Bonchev–Trinajstić information content (AvgIpc) is 2.60. The van der Waals surface area contributed by atoms with Crippen molar-refractivity contribution in [1.82, 2.24) is 0 Å². The lowest BCUT2D eigenvalue weighted by atomic mass is 10.1. The van der Waals surface area contributed by atoms with Gasteiger partial charge in [-0.25, -0.2) is 4.79 Å². The van der Waals surface area contributed by atoms with Gasteiger partial charge in [0.1, 0.15) is 5.75 Å². The normalized spacial score (nSPS) is 11.0. The molecule has 0 fully saturated rings. The minimum Gasteiger partial charge on any atom is -0.482 e. The number of rotatable bonds is 7. The summed E-state index contributed by atoms with van der Waals surface area (Å²) >= 11 is 0. The van der Waals surface area contributed by atoms with Crippen molar-refractivity contribution >= 4 is 17.6 Å². The molecule has 2 rings (SSSR count). The van der Waals surface area contributed by atoms with Crippen LogP contribution in [0.15, 0.2) is 48.5 Å². The van der Waals surface area contributed by atoms with E-state index in [1.807, 2.05) is 0 Å². The van der Waals surface area contributed by atoms with Crippen molar-refractivity contribution in [3.8, 4) is 5.75 Å². The first kappa shape index (κ1) is 20.3. The Morgan fingerprint density at radius 1 is 1.07 bits per heavy atom. The van der Waals surface area contributed by atoms with Crippen LogP contribution in [-0.4, -0.2) is 25.1 Å². The second-order valence-electron chi connectivity index (χ2n) is 5.54. The van der Waals surface area contributed by atoms with Crippen LogP contribution in [0.5, 0.6) is 5.75 Å². The fourth-order valence-corrected chi connectivity index (χ4v) is 2.26. The molecule has 0 aliphatic carbocycles. The number of amides is 1. The van der Waals surface area contributed by atoms with Crippen LogP contribution < -0.4 is 10.1 Å². The number of carbonyl (C=O) groups is 2. The number of hydrogen-bond donors (Lipinski definition) is 1. The van der Waals surface area contributed by atoms with Crippen LogP contribution >= 0.6 is 0 Å². The Morgan fingerprint density at radius 3 is 2.52 bits per heavy atom. The van der Waals surface area contributed by atoms with Gasteiger partial charge in [-0.15, -0.1) is 0 Å². The number of alkyl halides is 3. The molecule has 0 radical (unpaired) electrons. The molecule has 144 valence electrons. The van der Waals surface area contributed by atoms with Gasteiger partial charge in [-0.1, -0.05) is 24.3 Å². The number of esters is 1. The van der Waals surface area contributed by atoms with E-state index in [1.54, 1.807) is 25.1 Å². The second kappa shape index (κ2) is 9.07. The van der Waals surface area contributed by atoms with E-state index in [2.05, 4.69) is 5.32 Å². The summed E-state index contributed by atoms with van der Waals surface area (Å²) in [5, 5.41) is 2.59. The van der Waals surface area contributed by atoms with Crippen LogP contribution in [0.3, 0.4) is 0 Å². The van der Waals surface area contributed by atoms with Crippen molar-refractivity contribution in [1.29, 1.82) is 0 Å². The Kier molecular flexibility index (Phi) is 6.81. The molecule has 0 aliphatic rings. The Bertz CT molecular complexity index is 806. The Hall–Kier alpha value is -3.03. The van der Waals surface area contributed by atoms with Gasteiger partial charge in [0.2, 0.25) is 5.91 Å². The highest BCUT2D eigenvalue weighted by Crippen LogP contribution is 2.29. The fraction of sp³-hybridized carbons (Fsp3) is 0.263. The molecule has 0 heterocycles. The maximum atomic E-state index is 12.7. The highest BCUT2D eigenvalue weighted by atomic mass is 19.4. The van der Waals surface area contributed by atoms with Gasteiger partial charge in [0.15, 0.2) is 6.61 Å². The van der Waals surface area contributed by atoms with Gasteiger partial charge >= 0.3 is 12.1 Å². The van der Waals surface area contributed by atoms with Crippen LogP contribution in [0.2, 0.25) is 0 Å². The Morgan fingerprint density at radius 2 is 1.81 bits per heavy atom. The van der Waals surface area contributed by atoms with Gasteiger partial charge in [0.25, 0.3) is 0 Å². The van der Waals surface area contributed by atoms with Crippen LogP contribution in [-0.2, 0) is 26.9 Å². The summed E-state index contributed by atoms with van der Waals surface area (Å²) in [5.41, 5.74) is -0.160. The molecular formula is C19H18F3NO4. The quantitative estimate of drug-likeness (QED) is 0.741. The lowest BCUT2D eigenvalue weighted by molar-refractivity contribution is -0.145. The summed E-state index contributed by atoms with van der Waals surface area (Å²) < 4.78 is 48.2. The summed E-state index contributed by atoms with van der Waals surface area (Å²) in [5.74, 6) is -0.645. The molecule has 0 saturated heterocycles. The molecule has 8 heteroatoms. The zero-order valence-corrected chi connectivity index (χ0v) is 14.5. The van der Waals surface area contributed by atoms with Crippen LogP contribution in [0.1, 0.15) is 18.1 Å². The monoisotopic (exact) mass is 381 g/mol. The zero-order valence-electron chi connectivity index (χ0n) is 14.5. The lowest BCUT2D eigenvalue weighted by Crippen LogP contribution is -2.16. The molecule has 0 aliphatic heterocycles. The number of ether oxygens (including phenoxy) is 2. The molecule has 2 aromatic rings. The number of nitrogens with one attached hydrogen (secondary N) is 1. The SMILES string of the molecule is CCOC(=O)COc1cccc(NC(=O)Cc2cccc(C(F)(F)F)c2)c1. The molecule has 0 atom stereocenters. The second-order valence-corrected chi connectivity index (χ2v) is 5.54. The van der Waals surface area contributed by atoms with Crippen LogP contribution in [0.25, 0.3) is 0 Å². The van der Waals surface area contributed by atoms with E-state index in [9.17, 15) is 22.8 Å². The van der Waals surface area contributed by atoms with Crippen LogP contribution in [0.4, 0.5) is 18.9 Å². The van der Waals surface area contributed by atoms with Gasteiger partial charge in [-0.3, -0.25) is 4.79 Å². The third-order valence-corrected chi connectivity index (χ3v) is 3.40. The largest absolute Gasteiger partial charge is 0.482 e. The van der Waals surface area contributed by atoms with Gasteiger partial charge < -0.3 is 14.8 Å². The summed E-state index contributed by atoms with van der Waals surface area (Å²) in [6, 6.07) is 10.9. The van der Waals surface area contributed by atoms with Crippen molar-refractivity contribution in [3.63, 3.8) is 0 Å². The number of anilines is 1. The third-order valence-electron chi connectivity index (χ3n) is 3.40. The molecule has 0 spiro atoms.